The molecule has 0 bridgehead atoms. The van der Waals surface area contributed by atoms with Gasteiger partial charge in [0.1, 0.15) is 11.6 Å². The Hall–Kier alpha value is -2.57. The van der Waals surface area contributed by atoms with Gasteiger partial charge in [0.15, 0.2) is 0 Å². The van der Waals surface area contributed by atoms with Crippen LogP contribution in [-0.2, 0) is 6.42 Å². The van der Waals surface area contributed by atoms with Crippen LogP contribution in [0.15, 0.2) is 42.0 Å². The molecule has 0 radical (unpaired) electrons. The Morgan fingerprint density at radius 2 is 2.03 bits per heavy atom. The lowest BCUT2D eigenvalue weighted by atomic mass is 9.73. The number of aromatic nitrogens is 1. The standard InChI is InChI=1S/C23H27ClN6/c1-14(19-6-9-27-29-19)17-12-18(24)22(28-21(17)26)30-10-7-23(8-11-30)13-15-4-2-3-5-16(15)20(23)25/h2-5,12,20,27H,1,6-11,13,25H2,(H2,26,28)/t20-/m1/s1. The molecule has 1 atom stereocenters. The van der Waals surface area contributed by atoms with Crippen molar-refractivity contribution in [2.45, 2.75) is 31.7 Å². The Morgan fingerprint density at radius 3 is 2.73 bits per heavy atom. The van der Waals surface area contributed by atoms with Crippen LogP contribution in [0.25, 0.3) is 5.57 Å². The first-order valence-corrected chi connectivity index (χ1v) is 10.9. The molecule has 1 fully saturated rings. The van der Waals surface area contributed by atoms with Crippen LogP contribution in [0.4, 0.5) is 11.6 Å². The average molecular weight is 423 g/mol. The summed E-state index contributed by atoms with van der Waals surface area (Å²) in [7, 11) is 0. The first-order valence-electron chi connectivity index (χ1n) is 10.5. The summed E-state index contributed by atoms with van der Waals surface area (Å²) >= 11 is 6.66. The highest BCUT2D eigenvalue weighted by Crippen LogP contribution is 2.51. The molecular weight excluding hydrogens is 396 g/mol. The van der Waals surface area contributed by atoms with Crippen LogP contribution in [0.2, 0.25) is 5.02 Å². The van der Waals surface area contributed by atoms with Gasteiger partial charge in [-0.3, -0.25) is 0 Å². The number of rotatable bonds is 3. The van der Waals surface area contributed by atoms with Crippen LogP contribution in [0.3, 0.4) is 0 Å². The third-order valence-corrected chi connectivity index (χ3v) is 7.28. The Balaban J connectivity index is 1.34. The lowest BCUT2D eigenvalue weighted by Gasteiger charge is -2.42. The van der Waals surface area contributed by atoms with E-state index in [0.717, 1.165) is 68.0 Å². The number of hydrogen-bond donors (Lipinski definition) is 3. The molecule has 1 aliphatic carbocycles. The molecule has 1 aromatic carbocycles. The van der Waals surface area contributed by atoms with Crippen molar-refractivity contribution in [1.29, 1.82) is 0 Å². The lowest BCUT2D eigenvalue weighted by Crippen LogP contribution is -2.44. The second-order valence-electron chi connectivity index (χ2n) is 8.62. The quantitative estimate of drug-likeness (QED) is 0.703. The van der Waals surface area contributed by atoms with E-state index < -0.39 is 0 Å². The second kappa shape index (κ2) is 7.29. The fourth-order valence-corrected chi connectivity index (χ4v) is 5.45. The van der Waals surface area contributed by atoms with Gasteiger partial charge in [0.25, 0.3) is 0 Å². The van der Waals surface area contributed by atoms with Crippen LogP contribution in [0, 0.1) is 5.41 Å². The molecule has 0 saturated carbocycles. The zero-order chi connectivity index (χ0) is 20.9. The van der Waals surface area contributed by atoms with Crippen LogP contribution < -0.4 is 21.8 Å². The molecule has 1 saturated heterocycles. The van der Waals surface area contributed by atoms with Gasteiger partial charge in [-0.1, -0.05) is 42.4 Å². The van der Waals surface area contributed by atoms with Crippen LogP contribution in [0.1, 0.15) is 42.0 Å². The summed E-state index contributed by atoms with van der Waals surface area (Å²) in [6.45, 7) is 6.70. The molecule has 2 aliphatic heterocycles. The first kappa shape index (κ1) is 19.4. The van der Waals surface area contributed by atoms with Gasteiger partial charge in [-0.15, -0.1) is 0 Å². The summed E-state index contributed by atoms with van der Waals surface area (Å²) in [5.74, 6) is 1.19. The van der Waals surface area contributed by atoms with E-state index in [-0.39, 0.29) is 11.5 Å². The minimum absolute atomic E-state index is 0.0934. The Labute approximate surface area is 182 Å². The number of nitrogens with zero attached hydrogens (tertiary/aromatic N) is 3. The van der Waals surface area contributed by atoms with E-state index in [1.165, 1.54) is 11.1 Å². The number of allylic oxidation sites excluding steroid dienone is 1. The number of nitrogens with two attached hydrogens (primary N) is 2. The molecule has 5 rings (SSSR count). The minimum atomic E-state index is 0.0934. The lowest BCUT2D eigenvalue weighted by molar-refractivity contribution is 0.187. The number of nitrogens with one attached hydrogen (secondary N) is 1. The summed E-state index contributed by atoms with van der Waals surface area (Å²) in [6, 6.07) is 10.6. The van der Waals surface area contributed by atoms with Gasteiger partial charge in [-0.2, -0.15) is 5.10 Å². The van der Waals surface area contributed by atoms with Crippen molar-refractivity contribution in [1.82, 2.24) is 10.4 Å². The molecule has 1 aromatic heterocycles. The smallest absolute Gasteiger partial charge is 0.149 e. The van der Waals surface area contributed by atoms with E-state index in [4.69, 9.17) is 23.1 Å². The van der Waals surface area contributed by atoms with Gasteiger partial charge in [0, 0.05) is 43.2 Å². The third-order valence-electron chi connectivity index (χ3n) is 7.00. The van der Waals surface area contributed by atoms with Gasteiger partial charge in [-0.25, -0.2) is 4.98 Å². The van der Waals surface area contributed by atoms with Gasteiger partial charge >= 0.3 is 0 Å². The third kappa shape index (κ3) is 3.06. The van der Waals surface area contributed by atoms with Crippen LogP contribution in [0.5, 0.6) is 0 Å². The molecule has 6 nitrogen and oxygen atoms in total. The molecule has 3 aliphatic rings. The maximum absolute atomic E-state index is 6.70. The molecular formula is C23H27ClN6. The highest BCUT2D eigenvalue weighted by molar-refractivity contribution is 6.34. The number of fused-ring (bicyclic) bond motifs is 1. The minimum Gasteiger partial charge on any atom is -0.383 e. The van der Waals surface area contributed by atoms with Gasteiger partial charge in [0.2, 0.25) is 0 Å². The Morgan fingerprint density at radius 1 is 1.27 bits per heavy atom. The molecule has 0 unspecified atom stereocenters. The van der Waals surface area contributed by atoms with Gasteiger partial charge in [0.05, 0.1) is 10.7 Å². The molecule has 156 valence electrons. The first-order chi connectivity index (χ1) is 14.5. The van der Waals surface area contributed by atoms with E-state index in [2.05, 4.69) is 51.3 Å². The molecule has 5 N–H and O–H groups in total. The summed E-state index contributed by atoms with van der Waals surface area (Å²) in [5, 5.41) is 4.88. The maximum atomic E-state index is 6.70. The average Bonchev–Trinajstić information content (AvgIpc) is 3.38. The molecule has 30 heavy (non-hydrogen) atoms. The number of nitrogen functional groups attached to an aromatic ring is 1. The summed E-state index contributed by atoms with van der Waals surface area (Å²) in [4.78, 5) is 6.90. The number of hydrazone groups is 1. The second-order valence-corrected chi connectivity index (χ2v) is 9.03. The number of anilines is 2. The van der Waals surface area contributed by atoms with Crippen molar-refractivity contribution >= 4 is 34.5 Å². The summed E-state index contributed by atoms with van der Waals surface area (Å²) in [5.41, 5.74) is 21.2. The molecule has 3 heterocycles. The Kier molecular flexibility index (Phi) is 4.71. The largest absolute Gasteiger partial charge is 0.383 e. The molecule has 7 heteroatoms. The van der Waals surface area contributed by atoms with Crippen molar-refractivity contribution in [3.05, 3.63) is 58.6 Å². The summed E-state index contributed by atoms with van der Waals surface area (Å²) < 4.78 is 0. The van der Waals surface area contributed by atoms with Crippen LogP contribution in [-0.4, -0.2) is 30.3 Å². The van der Waals surface area contributed by atoms with Gasteiger partial charge in [-0.05, 0) is 41.9 Å². The fourth-order valence-electron chi connectivity index (χ4n) is 5.18. The number of pyridine rings is 1. The van der Waals surface area contributed by atoms with E-state index in [1.807, 2.05) is 6.07 Å². The summed E-state index contributed by atoms with van der Waals surface area (Å²) in [6.07, 6.45) is 3.90. The molecule has 0 amide bonds. The van der Waals surface area contributed by atoms with Gasteiger partial charge < -0.3 is 21.8 Å². The Bertz CT molecular complexity index is 1040. The van der Waals surface area contributed by atoms with E-state index in [1.54, 1.807) is 0 Å². The maximum Gasteiger partial charge on any atom is 0.149 e. The highest BCUT2D eigenvalue weighted by Gasteiger charge is 2.46. The predicted molar refractivity (Wildman–Crippen MR) is 124 cm³/mol. The van der Waals surface area contributed by atoms with Crippen molar-refractivity contribution in [3.8, 4) is 0 Å². The van der Waals surface area contributed by atoms with E-state index in [9.17, 15) is 0 Å². The van der Waals surface area contributed by atoms with Crippen molar-refractivity contribution in [3.63, 3.8) is 0 Å². The normalized spacial score (nSPS) is 22.0. The predicted octanol–water partition coefficient (Wildman–Crippen LogP) is 3.52. The molecule has 2 aromatic rings. The highest BCUT2D eigenvalue weighted by atomic mass is 35.5. The van der Waals surface area contributed by atoms with E-state index in [0.29, 0.717) is 10.8 Å². The fraction of sp³-hybridized carbons (Fsp3) is 0.391. The van der Waals surface area contributed by atoms with Crippen molar-refractivity contribution in [2.75, 3.05) is 30.3 Å². The zero-order valence-electron chi connectivity index (χ0n) is 17.0. The number of benzene rings is 1. The number of hydrogen-bond acceptors (Lipinski definition) is 6. The van der Waals surface area contributed by atoms with Crippen LogP contribution >= 0.6 is 11.6 Å². The number of piperidine rings is 1. The zero-order valence-corrected chi connectivity index (χ0v) is 17.8. The topological polar surface area (TPSA) is 92.6 Å². The van der Waals surface area contributed by atoms with Crippen molar-refractivity contribution < 1.29 is 0 Å². The number of halogens is 1. The SMILES string of the molecule is C=C(C1=NNCC1)c1cc(Cl)c(N2CCC3(CC2)Cc2ccccc2[C@H]3N)nc1N. The molecule has 1 spiro atoms. The van der Waals surface area contributed by atoms with Crippen molar-refractivity contribution in [2.24, 2.45) is 16.3 Å². The monoisotopic (exact) mass is 422 g/mol. The van der Waals surface area contributed by atoms with E-state index >= 15 is 0 Å².